The van der Waals surface area contributed by atoms with Crippen LogP contribution in [0.5, 0.6) is 0 Å². The molecule has 0 bridgehead atoms. The smallest absolute Gasteiger partial charge is 0.308 e. The molecule has 4 heteroatoms. The van der Waals surface area contributed by atoms with E-state index in [2.05, 4.69) is 20.8 Å². The fraction of sp³-hybridized carbons (Fsp3) is 0.923. The van der Waals surface area contributed by atoms with Crippen molar-refractivity contribution in [2.45, 2.75) is 124 Å². The van der Waals surface area contributed by atoms with Crippen LogP contribution in [0.15, 0.2) is 0 Å². The Morgan fingerprint density at radius 2 is 1.20 bits per heavy atom. The van der Waals surface area contributed by atoms with Crippen LogP contribution in [0.2, 0.25) is 0 Å². The van der Waals surface area contributed by atoms with Crippen LogP contribution in [-0.2, 0) is 19.1 Å². The van der Waals surface area contributed by atoms with Crippen LogP contribution in [0.1, 0.15) is 124 Å². The third-order valence-corrected chi connectivity index (χ3v) is 6.25. The zero-order valence-electron chi connectivity index (χ0n) is 20.1. The first kappa shape index (κ1) is 27.0. The van der Waals surface area contributed by atoms with Gasteiger partial charge in [0.1, 0.15) is 0 Å². The number of hydrogen-bond donors (Lipinski definition) is 0. The van der Waals surface area contributed by atoms with E-state index in [1.54, 1.807) is 0 Å². The van der Waals surface area contributed by atoms with Crippen LogP contribution in [0.4, 0.5) is 0 Å². The molecule has 2 unspecified atom stereocenters. The molecule has 0 amide bonds. The van der Waals surface area contributed by atoms with E-state index in [4.69, 9.17) is 9.47 Å². The van der Waals surface area contributed by atoms with E-state index in [0.29, 0.717) is 25.6 Å². The molecule has 0 saturated heterocycles. The Kier molecular flexibility index (Phi) is 15.8. The molecule has 0 aromatic rings. The van der Waals surface area contributed by atoms with E-state index in [9.17, 15) is 9.59 Å². The lowest BCUT2D eigenvalue weighted by Gasteiger charge is -2.26. The predicted molar refractivity (Wildman–Crippen MR) is 123 cm³/mol. The van der Waals surface area contributed by atoms with Crippen LogP contribution in [-0.4, -0.2) is 25.2 Å². The predicted octanol–water partition coefficient (Wildman–Crippen LogP) is 7.24. The average Bonchev–Trinajstić information content (AvgIpc) is 2.74. The third kappa shape index (κ3) is 13.3. The van der Waals surface area contributed by atoms with Gasteiger partial charge in [-0.2, -0.15) is 0 Å². The molecule has 0 aliphatic heterocycles. The third-order valence-electron chi connectivity index (χ3n) is 6.25. The van der Waals surface area contributed by atoms with E-state index in [1.807, 2.05) is 0 Å². The van der Waals surface area contributed by atoms with Crippen molar-refractivity contribution in [3.05, 3.63) is 0 Å². The Labute approximate surface area is 185 Å². The Bertz CT molecular complexity index is 446. The molecule has 176 valence electrons. The molecule has 1 fully saturated rings. The molecule has 0 heterocycles. The molecule has 0 N–H and O–H groups in total. The van der Waals surface area contributed by atoms with Crippen molar-refractivity contribution in [1.29, 1.82) is 0 Å². The van der Waals surface area contributed by atoms with E-state index in [1.165, 1.54) is 51.4 Å². The van der Waals surface area contributed by atoms with Crippen molar-refractivity contribution in [1.82, 2.24) is 0 Å². The second kappa shape index (κ2) is 17.6. The van der Waals surface area contributed by atoms with Crippen molar-refractivity contribution in [2.75, 3.05) is 13.2 Å². The van der Waals surface area contributed by atoms with Gasteiger partial charge in [0.15, 0.2) is 0 Å². The molecule has 1 saturated carbocycles. The largest absolute Gasteiger partial charge is 0.465 e. The molecular weight excluding hydrogens is 376 g/mol. The Balaban J connectivity index is 2.06. The van der Waals surface area contributed by atoms with Crippen LogP contribution in [0.25, 0.3) is 0 Å². The number of carbonyl (C=O) groups is 2. The van der Waals surface area contributed by atoms with Gasteiger partial charge in [-0.15, -0.1) is 0 Å². The molecule has 30 heavy (non-hydrogen) atoms. The van der Waals surface area contributed by atoms with Crippen LogP contribution in [0.3, 0.4) is 0 Å². The molecule has 1 rings (SSSR count). The number of unbranched alkanes of at least 4 members (excludes halogenated alkanes) is 9. The highest BCUT2D eigenvalue weighted by atomic mass is 16.5. The lowest BCUT2D eigenvalue weighted by atomic mass is 9.81. The quantitative estimate of drug-likeness (QED) is 0.182. The van der Waals surface area contributed by atoms with Gasteiger partial charge in [0.2, 0.25) is 0 Å². The number of ether oxygens (including phenoxy) is 2. The summed E-state index contributed by atoms with van der Waals surface area (Å²) in [7, 11) is 0. The minimum absolute atomic E-state index is 0.108. The zero-order valence-corrected chi connectivity index (χ0v) is 20.1. The number of rotatable bonds is 17. The van der Waals surface area contributed by atoms with Gasteiger partial charge in [-0.05, 0) is 44.4 Å². The summed E-state index contributed by atoms with van der Waals surface area (Å²) in [6.45, 7) is 7.63. The fourth-order valence-corrected chi connectivity index (χ4v) is 4.28. The Morgan fingerprint density at radius 3 is 1.70 bits per heavy atom. The normalized spacial score (nSPS) is 19.1. The monoisotopic (exact) mass is 424 g/mol. The summed E-state index contributed by atoms with van der Waals surface area (Å²) < 4.78 is 11.0. The van der Waals surface area contributed by atoms with Gasteiger partial charge in [0, 0.05) is 0 Å². The standard InChI is InChI=1S/C26H48O4/c1-4-5-6-7-8-9-10-11-12-13-19-29-25(27)23-17-14-18-24(21-23)26(28)30-20-15-16-22(2)3/h22-24H,4-21H2,1-3H3. The molecule has 2 atom stereocenters. The fourth-order valence-electron chi connectivity index (χ4n) is 4.28. The zero-order chi connectivity index (χ0) is 22.0. The molecule has 0 radical (unpaired) electrons. The highest BCUT2D eigenvalue weighted by Gasteiger charge is 2.32. The second-order valence-corrected chi connectivity index (χ2v) is 9.61. The Hall–Kier alpha value is -1.06. The van der Waals surface area contributed by atoms with Gasteiger partial charge >= 0.3 is 11.9 Å². The highest BCUT2D eigenvalue weighted by Crippen LogP contribution is 2.31. The van der Waals surface area contributed by atoms with E-state index in [-0.39, 0.29) is 23.8 Å². The summed E-state index contributed by atoms with van der Waals surface area (Å²) >= 11 is 0. The summed E-state index contributed by atoms with van der Waals surface area (Å²) in [6, 6.07) is 0. The first-order chi connectivity index (χ1) is 14.5. The minimum Gasteiger partial charge on any atom is -0.465 e. The van der Waals surface area contributed by atoms with Gasteiger partial charge in [0.05, 0.1) is 25.0 Å². The maximum Gasteiger partial charge on any atom is 0.308 e. The number of esters is 2. The summed E-state index contributed by atoms with van der Waals surface area (Å²) in [5, 5.41) is 0. The topological polar surface area (TPSA) is 52.6 Å². The molecule has 0 spiro atoms. The van der Waals surface area contributed by atoms with Crippen molar-refractivity contribution in [2.24, 2.45) is 17.8 Å². The molecule has 1 aliphatic carbocycles. The Morgan fingerprint density at radius 1 is 0.733 bits per heavy atom. The van der Waals surface area contributed by atoms with E-state index in [0.717, 1.165) is 44.9 Å². The van der Waals surface area contributed by atoms with E-state index < -0.39 is 0 Å². The first-order valence-corrected chi connectivity index (χ1v) is 12.9. The summed E-state index contributed by atoms with van der Waals surface area (Å²) in [6.07, 6.45) is 17.9. The maximum atomic E-state index is 12.4. The molecular formula is C26H48O4. The van der Waals surface area contributed by atoms with Crippen LogP contribution in [0, 0.1) is 17.8 Å². The molecule has 4 nitrogen and oxygen atoms in total. The first-order valence-electron chi connectivity index (χ1n) is 12.9. The van der Waals surface area contributed by atoms with Gasteiger partial charge < -0.3 is 9.47 Å². The van der Waals surface area contributed by atoms with Crippen molar-refractivity contribution in [3.63, 3.8) is 0 Å². The number of carbonyl (C=O) groups excluding carboxylic acids is 2. The maximum absolute atomic E-state index is 12.4. The SMILES string of the molecule is CCCCCCCCCCCCOC(=O)C1CCCC(C(=O)OCCCC(C)C)C1. The second-order valence-electron chi connectivity index (χ2n) is 9.61. The van der Waals surface area contributed by atoms with Gasteiger partial charge in [0.25, 0.3) is 0 Å². The summed E-state index contributed by atoms with van der Waals surface area (Å²) in [4.78, 5) is 24.7. The van der Waals surface area contributed by atoms with Gasteiger partial charge in [-0.3, -0.25) is 9.59 Å². The van der Waals surface area contributed by atoms with E-state index >= 15 is 0 Å². The van der Waals surface area contributed by atoms with Gasteiger partial charge in [-0.1, -0.05) is 85.0 Å². The summed E-state index contributed by atoms with van der Waals surface area (Å²) in [5.74, 6) is 0.144. The lowest BCUT2D eigenvalue weighted by molar-refractivity contribution is -0.155. The summed E-state index contributed by atoms with van der Waals surface area (Å²) in [5.41, 5.74) is 0. The van der Waals surface area contributed by atoms with Crippen molar-refractivity contribution < 1.29 is 19.1 Å². The number of hydrogen-bond acceptors (Lipinski definition) is 4. The average molecular weight is 425 g/mol. The highest BCUT2D eigenvalue weighted by molar-refractivity contribution is 5.76. The molecule has 1 aliphatic rings. The van der Waals surface area contributed by atoms with Gasteiger partial charge in [-0.25, -0.2) is 0 Å². The van der Waals surface area contributed by atoms with Crippen LogP contribution < -0.4 is 0 Å². The lowest BCUT2D eigenvalue weighted by Crippen LogP contribution is -2.30. The van der Waals surface area contributed by atoms with Crippen LogP contribution >= 0.6 is 0 Å². The molecule has 0 aromatic carbocycles. The molecule has 0 aromatic heterocycles. The van der Waals surface area contributed by atoms with Crippen molar-refractivity contribution >= 4 is 11.9 Å². The minimum atomic E-state index is -0.132. The van der Waals surface area contributed by atoms with Crippen molar-refractivity contribution in [3.8, 4) is 0 Å².